The van der Waals surface area contributed by atoms with Gasteiger partial charge in [0.1, 0.15) is 5.82 Å². The second-order valence-electron chi connectivity index (χ2n) is 10.2. The molecule has 1 aliphatic rings. The van der Waals surface area contributed by atoms with Crippen LogP contribution in [0.2, 0.25) is 0 Å². The van der Waals surface area contributed by atoms with E-state index >= 15 is 0 Å². The van der Waals surface area contributed by atoms with Crippen LogP contribution < -0.4 is 16.0 Å². The predicted molar refractivity (Wildman–Crippen MR) is 158 cm³/mol. The third kappa shape index (κ3) is 5.98. The molecule has 5 rings (SSSR count). The van der Waals surface area contributed by atoms with Gasteiger partial charge in [0, 0.05) is 40.3 Å². The highest BCUT2D eigenvalue weighted by Gasteiger charge is 2.51. The van der Waals surface area contributed by atoms with Crippen molar-refractivity contribution in [2.24, 2.45) is 0 Å². The third-order valence-corrected chi connectivity index (χ3v) is 8.10. The second-order valence-corrected chi connectivity index (χ2v) is 12.3. The number of nitrogens with one attached hydrogen (secondary N) is 4. The highest BCUT2D eigenvalue weighted by molar-refractivity contribution is 7.91. The van der Waals surface area contributed by atoms with Crippen LogP contribution in [0, 0.1) is 4.78 Å². The van der Waals surface area contributed by atoms with Crippen molar-refractivity contribution in [1.82, 2.24) is 9.97 Å². The first-order chi connectivity index (χ1) is 19.2. The minimum atomic E-state index is -2.87. The highest BCUT2D eigenvalue weighted by atomic mass is 32.2. The van der Waals surface area contributed by atoms with E-state index < -0.39 is 15.1 Å². The Morgan fingerprint density at radius 2 is 1.77 bits per heavy atom. The van der Waals surface area contributed by atoms with Crippen molar-refractivity contribution in [3.63, 3.8) is 0 Å². The first-order valence-corrected chi connectivity index (χ1v) is 15.0. The standard InChI is InChI=1S/C30H32N6O3S/c1-20(19-37)33-27-26(18-32-29(36-27)35-24-9-6-10-25(17-24)40(2,31)39)21-11-13-23(14-12-21)34-28(38)30(15-16-30)22-7-4-3-5-8-22/h3-14,17-18,20,31,37H,15-16,19H2,1-2H3,(H,34,38)(H2,32,33,35,36). The van der Waals surface area contributed by atoms with Gasteiger partial charge in [-0.05, 0) is 61.2 Å². The van der Waals surface area contributed by atoms with E-state index in [1.165, 1.54) is 6.26 Å². The van der Waals surface area contributed by atoms with E-state index in [9.17, 15) is 14.1 Å². The summed E-state index contributed by atoms with van der Waals surface area (Å²) in [5.74, 6) is 0.825. The maximum atomic E-state index is 13.1. The van der Waals surface area contributed by atoms with Gasteiger partial charge in [0.05, 0.1) is 21.8 Å². The summed E-state index contributed by atoms with van der Waals surface area (Å²) in [5, 5.41) is 19.0. The zero-order chi connectivity index (χ0) is 28.3. The van der Waals surface area contributed by atoms with Crippen LogP contribution in [-0.2, 0) is 19.9 Å². The summed E-state index contributed by atoms with van der Waals surface area (Å²) in [6.45, 7) is 1.75. The van der Waals surface area contributed by atoms with E-state index in [4.69, 9.17) is 4.78 Å². The molecule has 2 atom stereocenters. The maximum Gasteiger partial charge on any atom is 0.235 e. The Kier molecular flexibility index (Phi) is 7.55. The molecule has 1 heterocycles. The first kappa shape index (κ1) is 27.3. The Morgan fingerprint density at radius 1 is 1.05 bits per heavy atom. The number of rotatable bonds is 10. The predicted octanol–water partition coefficient (Wildman–Crippen LogP) is 5.39. The van der Waals surface area contributed by atoms with E-state index in [0.717, 1.165) is 29.5 Å². The van der Waals surface area contributed by atoms with Crippen LogP contribution in [0.5, 0.6) is 0 Å². The number of hydrogen-bond acceptors (Lipinski definition) is 8. The molecule has 206 valence electrons. The average molecular weight is 557 g/mol. The molecule has 1 saturated carbocycles. The van der Waals surface area contributed by atoms with Gasteiger partial charge in [0.25, 0.3) is 0 Å². The Bertz CT molecular complexity index is 1620. The van der Waals surface area contributed by atoms with Crippen LogP contribution in [0.1, 0.15) is 25.3 Å². The molecule has 10 heteroatoms. The summed E-state index contributed by atoms with van der Waals surface area (Å²) in [5.41, 5.74) is 3.46. The van der Waals surface area contributed by atoms with Gasteiger partial charge in [-0.15, -0.1) is 0 Å². The lowest BCUT2D eigenvalue weighted by molar-refractivity contribution is -0.118. The van der Waals surface area contributed by atoms with E-state index in [0.29, 0.717) is 28.0 Å². The molecule has 2 unspecified atom stereocenters. The fourth-order valence-electron chi connectivity index (χ4n) is 4.50. The summed E-state index contributed by atoms with van der Waals surface area (Å²) < 4.78 is 20.0. The van der Waals surface area contributed by atoms with E-state index in [1.807, 2.05) is 61.5 Å². The summed E-state index contributed by atoms with van der Waals surface area (Å²) >= 11 is 0. The number of benzene rings is 3. The molecule has 0 radical (unpaired) electrons. The summed E-state index contributed by atoms with van der Waals surface area (Å²) in [6, 6.07) is 23.9. The van der Waals surface area contributed by atoms with Crippen LogP contribution in [0.25, 0.3) is 11.1 Å². The van der Waals surface area contributed by atoms with Crippen molar-refractivity contribution in [1.29, 1.82) is 4.78 Å². The van der Waals surface area contributed by atoms with Crippen LogP contribution in [0.4, 0.5) is 23.1 Å². The average Bonchev–Trinajstić information content (AvgIpc) is 3.76. The molecular formula is C30H32N6O3S. The number of amides is 1. The van der Waals surface area contributed by atoms with Crippen molar-refractivity contribution < 1.29 is 14.1 Å². The summed E-state index contributed by atoms with van der Waals surface area (Å²) in [7, 11) is -2.87. The zero-order valence-corrected chi connectivity index (χ0v) is 23.2. The van der Waals surface area contributed by atoms with Gasteiger partial charge in [0.2, 0.25) is 11.9 Å². The molecule has 1 amide bonds. The molecule has 1 aliphatic carbocycles. The van der Waals surface area contributed by atoms with Crippen molar-refractivity contribution in [2.45, 2.75) is 36.1 Å². The highest BCUT2D eigenvalue weighted by Crippen LogP contribution is 2.49. The molecule has 0 spiro atoms. The van der Waals surface area contributed by atoms with Crippen molar-refractivity contribution in [2.75, 3.05) is 28.8 Å². The Balaban J connectivity index is 1.37. The quantitative estimate of drug-likeness (QED) is 0.176. The number of carbonyl (C=O) groups excluding carboxylic acids is 1. The zero-order valence-electron chi connectivity index (χ0n) is 22.3. The first-order valence-electron chi connectivity index (χ1n) is 13.0. The van der Waals surface area contributed by atoms with E-state index in [2.05, 4.69) is 25.9 Å². The number of aromatic nitrogens is 2. The largest absolute Gasteiger partial charge is 0.394 e. The maximum absolute atomic E-state index is 13.1. The fourth-order valence-corrected chi connectivity index (χ4v) is 5.19. The van der Waals surface area contributed by atoms with Gasteiger partial charge < -0.3 is 21.1 Å². The molecule has 3 aromatic carbocycles. The van der Waals surface area contributed by atoms with Crippen molar-refractivity contribution in [3.8, 4) is 11.1 Å². The molecule has 0 saturated heterocycles. The Hall–Kier alpha value is -4.28. The van der Waals surface area contributed by atoms with Gasteiger partial charge in [-0.25, -0.2) is 14.0 Å². The Labute approximate surface area is 234 Å². The fraction of sp³-hybridized carbons (Fsp3) is 0.233. The number of hydrogen-bond donors (Lipinski definition) is 5. The van der Waals surface area contributed by atoms with Crippen molar-refractivity contribution >= 4 is 38.8 Å². The van der Waals surface area contributed by atoms with Gasteiger partial charge in [-0.3, -0.25) is 4.79 Å². The van der Waals surface area contributed by atoms with Crippen LogP contribution in [-0.4, -0.2) is 44.1 Å². The third-order valence-electron chi connectivity index (χ3n) is 6.95. The number of aliphatic hydroxyl groups is 1. The normalized spacial score (nSPS) is 15.9. The number of carbonyl (C=O) groups is 1. The molecule has 4 aromatic rings. The summed E-state index contributed by atoms with van der Waals surface area (Å²) in [6.07, 6.45) is 4.73. The van der Waals surface area contributed by atoms with Gasteiger partial charge in [0.15, 0.2) is 0 Å². The molecule has 1 fully saturated rings. The minimum Gasteiger partial charge on any atom is -0.394 e. The molecule has 9 nitrogen and oxygen atoms in total. The van der Waals surface area contributed by atoms with Crippen molar-refractivity contribution in [3.05, 3.63) is 90.6 Å². The molecular weight excluding hydrogens is 524 g/mol. The lowest BCUT2D eigenvalue weighted by atomic mass is 9.95. The lowest BCUT2D eigenvalue weighted by Gasteiger charge is -2.18. The smallest absolute Gasteiger partial charge is 0.235 e. The van der Waals surface area contributed by atoms with E-state index in [-0.39, 0.29) is 18.6 Å². The molecule has 0 aliphatic heterocycles. The van der Waals surface area contributed by atoms with Gasteiger partial charge in [-0.1, -0.05) is 48.5 Å². The SMILES string of the molecule is CC(CO)Nc1nc(Nc2cccc(S(C)(=N)=O)c2)ncc1-c1ccc(NC(=O)C2(c3ccccc3)CC2)cc1. The van der Waals surface area contributed by atoms with Crippen LogP contribution in [0.3, 0.4) is 0 Å². The number of nitrogens with zero attached hydrogens (tertiary/aromatic N) is 2. The van der Waals surface area contributed by atoms with Gasteiger partial charge >= 0.3 is 0 Å². The van der Waals surface area contributed by atoms with Crippen LogP contribution in [0.15, 0.2) is 90.0 Å². The minimum absolute atomic E-state index is 0.00211. The molecule has 0 bridgehead atoms. The Morgan fingerprint density at radius 3 is 2.42 bits per heavy atom. The number of aliphatic hydroxyl groups excluding tert-OH is 1. The van der Waals surface area contributed by atoms with E-state index in [1.54, 1.807) is 30.5 Å². The number of anilines is 4. The molecule has 40 heavy (non-hydrogen) atoms. The monoisotopic (exact) mass is 556 g/mol. The van der Waals surface area contributed by atoms with Gasteiger partial charge in [-0.2, -0.15) is 4.98 Å². The summed E-state index contributed by atoms with van der Waals surface area (Å²) in [4.78, 5) is 22.6. The lowest BCUT2D eigenvalue weighted by Crippen LogP contribution is -2.27. The van der Waals surface area contributed by atoms with Crippen LogP contribution >= 0.6 is 0 Å². The topological polar surface area (TPSA) is 140 Å². The second kappa shape index (κ2) is 11.1. The molecule has 5 N–H and O–H groups in total. The molecule has 1 aromatic heterocycles.